The Labute approximate surface area is 546 Å². The van der Waals surface area contributed by atoms with Crippen molar-refractivity contribution in [2.24, 2.45) is 35.5 Å². The Morgan fingerprint density at radius 3 is 1.31 bits per heavy atom. The Morgan fingerprint density at radius 1 is 0.573 bits per heavy atom. The number of benzene rings is 2. The lowest BCUT2D eigenvalue weighted by atomic mass is 9.79. The standard InChI is InChI=1S/C37H66O7Si2.C34H62O7Si2/c1-17-28-24-40-36(9,10)42-31(28)30(25-41-45(13,14)34(3,4)5)33(44-46(15,16)35(6,7)8)37(11)32(43-37)26(2)22-39-23-27-18-20-29(38-12)21-19-27;1-15-26(20-35)29(36)28(23-39-42(11,12)32(3,4)5)31(41-43(13,14)33(6,7)8)34(9)30(40-34)24(2)21-38-22-25-16-18-27(37-10)19-17-25/h17-21,26,28,30-33H,1,22-25H2,2-16H3;15-19,24,26,28-31,35-36H,1,20-23H2,2-14H3/t26-,28+,30-,31+,32+,33-,37-;24-,26-,28-,29+,30+,31-,34-/m00/s1. The van der Waals surface area contributed by atoms with E-state index in [2.05, 4.69) is 176 Å². The minimum Gasteiger partial charge on any atom is -0.497 e. The van der Waals surface area contributed by atoms with Crippen LogP contribution >= 0.6 is 0 Å². The molecule has 0 aliphatic carbocycles. The minimum atomic E-state index is -2.32. The first-order valence-electron chi connectivity index (χ1n) is 32.9. The Kier molecular flexibility index (Phi) is 27.4. The van der Waals surface area contributed by atoms with Gasteiger partial charge in [-0.2, -0.15) is 0 Å². The average molecular weight is 1320 g/mol. The zero-order chi connectivity index (χ0) is 68.0. The molecule has 512 valence electrons. The van der Waals surface area contributed by atoms with Crippen molar-refractivity contribution in [3.05, 3.63) is 85.0 Å². The molecule has 0 amide bonds. The van der Waals surface area contributed by atoms with Crippen molar-refractivity contribution < 1.29 is 65.8 Å². The molecule has 18 heteroatoms. The molecule has 2 aromatic rings. The predicted molar refractivity (Wildman–Crippen MR) is 373 cm³/mol. The lowest BCUT2D eigenvalue weighted by Crippen LogP contribution is -2.59. The molecule has 3 fully saturated rings. The topological polar surface area (TPSA) is 158 Å². The molecule has 0 spiro atoms. The molecule has 0 bridgehead atoms. The maximum atomic E-state index is 11.8. The van der Waals surface area contributed by atoms with Crippen LogP contribution in [0.15, 0.2) is 73.8 Å². The van der Waals surface area contributed by atoms with Crippen molar-refractivity contribution in [3.8, 4) is 11.5 Å². The van der Waals surface area contributed by atoms with Crippen LogP contribution in [0, 0.1) is 35.5 Å². The van der Waals surface area contributed by atoms with E-state index in [1.807, 2.05) is 68.5 Å². The van der Waals surface area contributed by atoms with Crippen molar-refractivity contribution >= 4 is 33.3 Å². The normalized spacial score (nSPS) is 25.5. The van der Waals surface area contributed by atoms with Crippen molar-refractivity contribution in [3.63, 3.8) is 0 Å². The van der Waals surface area contributed by atoms with Gasteiger partial charge in [-0.25, -0.2) is 0 Å². The van der Waals surface area contributed by atoms with Crippen molar-refractivity contribution in [2.75, 3.05) is 53.9 Å². The molecule has 0 saturated carbocycles. The van der Waals surface area contributed by atoms with Gasteiger partial charge in [0.05, 0.1) is 90.5 Å². The largest absolute Gasteiger partial charge is 0.497 e. The summed E-state index contributed by atoms with van der Waals surface area (Å²) in [6.07, 6.45) is 1.65. The maximum Gasteiger partial charge on any atom is 0.192 e. The molecule has 5 rings (SSSR count). The number of epoxide rings is 2. The number of aliphatic hydroxyl groups excluding tert-OH is 2. The summed E-state index contributed by atoms with van der Waals surface area (Å²) in [5, 5.41) is 22.0. The molecular weight excluding hydrogens is 1190 g/mol. The molecular formula is C71H128O14Si4. The van der Waals surface area contributed by atoms with Crippen LogP contribution in [-0.4, -0.2) is 151 Å². The SMILES string of the molecule is C=C[C@@H](CO)[C@@H](O)[C@H](CO[Si](C)(C)C(C)(C)C)[C@H](O[Si](C)(C)C(C)(C)C)[C@@]1(C)O[C@@H]1[C@@H](C)COCc1ccc(OC)cc1.C=C[C@@H]1COC(C)(C)O[C@H]1[C@H](CO[Si](C)(C)C(C)(C)C)[C@H](O[Si](C)(C)C(C)(C)C)[C@@]1(C)O[C@@H]1[C@@H](C)COCc1ccc(OC)cc1. The zero-order valence-electron chi connectivity index (χ0n) is 61.1. The minimum absolute atomic E-state index is 0.00221. The molecule has 89 heavy (non-hydrogen) atoms. The summed E-state index contributed by atoms with van der Waals surface area (Å²) in [7, 11) is -5.50. The molecule has 3 aliphatic heterocycles. The van der Waals surface area contributed by atoms with E-state index in [0.29, 0.717) is 46.2 Å². The van der Waals surface area contributed by atoms with Crippen LogP contribution in [0.1, 0.15) is 136 Å². The summed E-state index contributed by atoms with van der Waals surface area (Å²) in [5.41, 5.74) is 1.01. The van der Waals surface area contributed by atoms with Crippen LogP contribution in [0.3, 0.4) is 0 Å². The predicted octanol–water partition coefficient (Wildman–Crippen LogP) is 16.2. The Hall–Kier alpha value is -2.09. The summed E-state index contributed by atoms with van der Waals surface area (Å²) in [6, 6.07) is 15.9. The number of rotatable bonds is 32. The fourth-order valence-corrected chi connectivity index (χ4v) is 15.6. The van der Waals surface area contributed by atoms with E-state index >= 15 is 0 Å². The summed E-state index contributed by atoms with van der Waals surface area (Å²) in [4.78, 5) is 0. The Bertz CT molecular complexity index is 2500. The monoisotopic (exact) mass is 1320 g/mol. The van der Waals surface area contributed by atoms with Gasteiger partial charge in [-0.15, -0.1) is 13.2 Å². The lowest BCUT2D eigenvalue weighted by molar-refractivity contribution is -0.303. The third-order valence-corrected chi connectivity index (χ3v) is 39.2. The van der Waals surface area contributed by atoms with E-state index in [4.69, 9.17) is 55.6 Å². The second-order valence-corrected chi connectivity index (χ2v) is 52.1. The quantitative estimate of drug-likeness (QED) is 0.0405. The van der Waals surface area contributed by atoms with Gasteiger partial charge in [-0.3, -0.25) is 0 Å². The number of ether oxygens (including phenoxy) is 8. The highest BCUT2D eigenvalue weighted by atomic mass is 28.4. The number of hydrogen-bond acceptors (Lipinski definition) is 14. The highest BCUT2D eigenvalue weighted by molar-refractivity contribution is 6.75. The molecule has 0 unspecified atom stereocenters. The third kappa shape index (κ3) is 20.7. The summed E-state index contributed by atoms with van der Waals surface area (Å²) in [6.45, 7) is 69.3. The molecule has 2 N–H and O–H groups in total. The van der Waals surface area contributed by atoms with E-state index < -0.39 is 74.3 Å². The maximum absolute atomic E-state index is 11.8. The van der Waals surface area contributed by atoms with Gasteiger partial charge in [-0.05, 0) is 136 Å². The molecule has 2 aromatic carbocycles. The lowest BCUT2D eigenvalue weighted by Gasteiger charge is -2.49. The van der Waals surface area contributed by atoms with Crippen molar-refractivity contribution in [1.29, 1.82) is 0 Å². The van der Waals surface area contributed by atoms with Gasteiger partial charge in [0.15, 0.2) is 39.1 Å². The van der Waals surface area contributed by atoms with E-state index in [1.165, 1.54) is 0 Å². The van der Waals surface area contributed by atoms with E-state index in [1.54, 1.807) is 20.3 Å². The van der Waals surface area contributed by atoms with Crippen molar-refractivity contribution in [1.82, 2.24) is 0 Å². The van der Waals surface area contributed by atoms with E-state index in [-0.39, 0.29) is 74.8 Å². The first-order valence-corrected chi connectivity index (χ1v) is 44.5. The van der Waals surface area contributed by atoms with Crippen LogP contribution in [0.25, 0.3) is 0 Å². The van der Waals surface area contributed by atoms with E-state index in [0.717, 1.165) is 22.6 Å². The van der Waals surface area contributed by atoms with E-state index in [9.17, 15) is 10.2 Å². The molecule has 0 radical (unpaired) electrons. The summed E-state index contributed by atoms with van der Waals surface area (Å²) >= 11 is 0. The van der Waals surface area contributed by atoms with Crippen LogP contribution < -0.4 is 9.47 Å². The first-order chi connectivity index (χ1) is 40.6. The van der Waals surface area contributed by atoms with Gasteiger partial charge in [0, 0.05) is 48.7 Å². The number of aliphatic hydroxyl groups is 2. The van der Waals surface area contributed by atoms with Gasteiger partial charge >= 0.3 is 0 Å². The average Bonchev–Trinajstić information content (AvgIpc) is 1.59. The second kappa shape index (κ2) is 30.8. The molecule has 0 aromatic heterocycles. The highest BCUT2D eigenvalue weighted by Gasteiger charge is 2.66. The second-order valence-electron chi connectivity index (χ2n) is 33.0. The molecule has 3 aliphatic rings. The first kappa shape index (κ1) is 79.3. The van der Waals surface area contributed by atoms with Crippen LogP contribution in [0.4, 0.5) is 0 Å². The Balaban J connectivity index is 0.000000381. The van der Waals surface area contributed by atoms with Crippen LogP contribution in [0.2, 0.25) is 72.5 Å². The fourth-order valence-electron chi connectivity index (χ4n) is 10.7. The number of methoxy groups -OCH3 is 2. The highest BCUT2D eigenvalue weighted by Crippen LogP contribution is 2.54. The molecule has 3 saturated heterocycles. The van der Waals surface area contributed by atoms with Gasteiger partial charge in [-0.1, -0.05) is 133 Å². The Morgan fingerprint density at radius 2 is 0.955 bits per heavy atom. The summed E-state index contributed by atoms with van der Waals surface area (Å²) < 4.78 is 77.6. The van der Waals surface area contributed by atoms with Gasteiger partial charge < -0.3 is 65.8 Å². The summed E-state index contributed by atoms with van der Waals surface area (Å²) in [5.74, 6) is 0.156. The third-order valence-electron chi connectivity index (χ3n) is 21.3. The molecule has 14 atom stereocenters. The van der Waals surface area contributed by atoms with Crippen LogP contribution in [-0.2, 0) is 59.3 Å². The van der Waals surface area contributed by atoms with Crippen molar-refractivity contribution in [2.45, 2.75) is 264 Å². The molecule has 14 nitrogen and oxygen atoms in total. The zero-order valence-corrected chi connectivity index (χ0v) is 65.1. The van der Waals surface area contributed by atoms with Crippen LogP contribution in [0.5, 0.6) is 11.5 Å². The van der Waals surface area contributed by atoms with Gasteiger partial charge in [0.2, 0.25) is 0 Å². The smallest absolute Gasteiger partial charge is 0.192 e. The molecule has 3 heterocycles. The van der Waals surface area contributed by atoms with Gasteiger partial charge in [0.1, 0.15) is 22.7 Å². The van der Waals surface area contributed by atoms with Gasteiger partial charge in [0.25, 0.3) is 0 Å². The number of hydrogen-bond donors (Lipinski definition) is 2. The fraction of sp³-hybridized carbons (Fsp3) is 0.775.